The van der Waals surface area contributed by atoms with E-state index in [4.69, 9.17) is 4.74 Å². The van der Waals surface area contributed by atoms with Crippen LogP contribution in [0.4, 0.5) is 18.0 Å². The number of aryl methyl sites for hydroxylation is 1. The molecule has 0 unspecified atom stereocenters. The molecular weight excluding hydrogens is 383 g/mol. The third kappa shape index (κ3) is 4.88. The highest BCUT2D eigenvalue weighted by Gasteiger charge is 2.31. The molecule has 0 radical (unpaired) electrons. The Hall–Kier alpha value is -3.03. The van der Waals surface area contributed by atoms with Crippen molar-refractivity contribution in [2.75, 3.05) is 0 Å². The predicted molar refractivity (Wildman–Crippen MR) is 103 cm³/mol. The highest BCUT2D eigenvalue weighted by molar-refractivity contribution is 5.73. The minimum absolute atomic E-state index is 0.300. The van der Waals surface area contributed by atoms with Gasteiger partial charge in [-0.3, -0.25) is 0 Å². The van der Waals surface area contributed by atoms with Gasteiger partial charge in [0.15, 0.2) is 0 Å². The Morgan fingerprint density at radius 1 is 1.14 bits per heavy atom. The quantitative estimate of drug-likeness (QED) is 0.639. The molecule has 2 heterocycles. The van der Waals surface area contributed by atoms with Gasteiger partial charge in [-0.25, -0.2) is 9.31 Å². The van der Waals surface area contributed by atoms with Gasteiger partial charge in [0.1, 0.15) is 5.60 Å². The Kier molecular flexibility index (Phi) is 5.30. The Morgan fingerprint density at radius 3 is 2.38 bits per heavy atom. The molecule has 3 aromatic rings. The van der Waals surface area contributed by atoms with E-state index in [2.05, 4.69) is 10.4 Å². The third-order valence-electron chi connectivity index (χ3n) is 4.27. The summed E-state index contributed by atoms with van der Waals surface area (Å²) in [6.45, 7) is 7.41. The second kappa shape index (κ2) is 7.42. The number of pyridine rings is 1. The Bertz CT molecular complexity index is 1030. The lowest BCUT2D eigenvalue weighted by Gasteiger charge is -2.19. The molecule has 154 valence electrons. The van der Waals surface area contributed by atoms with Crippen molar-refractivity contribution >= 4 is 11.6 Å². The molecule has 29 heavy (non-hydrogen) atoms. The standard InChI is InChI=1S/C21H22F3N3O2/c1-13-17-11-16(21(22,23)24)9-10-27(17)26-18(13)15-7-5-14(6-8-15)12-25-19(28)29-20(2,3)4/h5-11H,12H2,1-4H3,(H,25,28). The molecule has 0 spiro atoms. The van der Waals surface area contributed by atoms with Gasteiger partial charge in [-0.15, -0.1) is 0 Å². The van der Waals surface area contributed by atoms with Crippen molar-refractivity contribution in [2.45, 2.75) is 46.0 Å². The number of hydrogen-bond acceptors (Lipinski definition) is 3. The minimum atomic E-state index is -4.40. The van der Waals surface area contributed by atoms with Crippen LogP contribution >= 0.6 is 0 Å². The Balaban J connectivity index is 1.78. The van der Waals surface area contributed by atoms with Crippen LogP contribution in [-0.2, 0) is 17.5 Å². The van der Waals surface area contributed by atoms with Crippen LogP contribution in [0.1, 0.15) is 37.5 Å². The van der Waals surface area contributed by atoms with E-state index in [0.29, 0.717) is 23.3 Å². The zero-order valence-electron chi connectivity index (χ0n) is 16.6. The molecule has 0 atom stereocenters. The van der Waals surface area contributed by atoms with E-state index < -0.39 is 23.4 Å². The topological polar surface area (TPSA) is 55.6 Å². The average Bonchev–Trinajstić information content (AvgIpc) is 2.94. The van der Waals surface area contributed by atoms with Gasteiger partial charge < -0.3 is 10.1 Å². The number of benzene rings is 1. The number of aromatic nitrogens is 2. The summed E-state index contributed by atoms with van der Waals surface area (Å²) in [6, 6.07) is 9.42. The number of carbonyl (C=O) groups excluding carboxylic acids is 1. The lowest BCUT2D eigenvalue weighted by molar-refractivity contribution is -0.137. The maximum atomic E-state index is 13.0. The molecule has 0 aliphatic heterocycles. The number of rotatable bonds is 3. The lowest BCUT2D eigenvalue weighted by atomic mass is 10.1. The van der Waals surface area contributed by atoms with Gasteiger partial charge in [-0.05, 0) is 45.4 Å². The maximum absolute atomic E-state index is 13.0. The molecule has 1 aromatic carbocycles. The number of fused-ring (bicyclic) bond motifs is 1. The molecule has 0 aliphatic carbocycles. The van der Waals surface area contributed by atoms with Crippen LogP contribution < -0.4 is 5.32 Å². The molecule has 3 rings (SSSR count). The zero-order chi connectivity index (χ0) is 21.4. The number of halogens is 3. The molecule has 0 bridgehead atoms. The first kappa shape index (κ1) is 20.7. The van der Waals surface area contributed by atoms with Crippen LogP contribution in [0.3, 0.4) is 0 Å². The molecule has 8 heteroatoms. The van der Waals surface area contributed by atoms with Crippen LogP contribution in [0.25, 0.3) is 16.8 Å². The van der Waals surface area contributed by atoms with E-state index in [1.54, 1.807) is 27.7 Å². The van der Waals surface area contributed by atoms with E-state index >= 15 is 0 Å². The summed E-state index contributed by atoms with van der Waals surface area (Å²) in [5.41, 5.74) is 2.04. The highest BCUT2D eigenvalue weighted by Crippen LogP contribution is 2.32. The maximum Gasteiger partial charge on any atom is 0.416 e. The molecule has 2 aromatic heterocycles. The largest absolute Gasteiger partial charge is 0.444 e. The minimum Gasteiger partial charge on any atom is -0.444 e. The number of nitrogens with zero attached hydrogens (tertiary/aromatic N) is 2. The molecule has 0 aliphatic rings. The monoisotopic (exact) mass is 405 g/mol. The molecule has 0 fully saturated rings. The second-order valence-corrected chi connectivity index (χ2v) is 7.77. The van der Waals surface area contributed by atoms with E-state index in [9.17, 15) is 18.0 Å². The Labute approximate surface area is 166 Å². The molecule has 1 N–H and O–H groups in total. The number of alkyl halides is 3. The third-order valence-corrected chi connectivity index (χ3v) is 4.27. The van der Waals surface area contributed by atoms with Gasteiger partial charge in [-0.1, -0.05) is 24.3 Å². The molecule has 0 saturated heterocycles. The summed E-state index contributed by atoms with van der Waals surface area (Å²) in [5, 5.41) is 7.09. The summed E-state index contributed by atoms with van der Waals surface area (Å²) in [6.07, 6.45) is -3.59. The van der Waals surface area contributed by atoms with Crippen LogP contribution in [0.2, 0.25) is 0 Å². The fourth-order valence-corrected chi connectivity index (χ4v) is 2.88. The van der Waals surface area contributed by atoms with E-state index in [-0.39, 0.29) is 0 Å². The molecule has 5 nitrogen and oxygen atoms in total. The van der Waals surface area contributed by atoms with E-state index in [0.717, 1.165) is 23.3 Å². The van der Waals surface area contributed by atoms with Crippen molar-refractivity contribution in [3.63, 3.8) is 0 Å². The Morgan fingerprint density at radius 2 is 1.79 bits per heavy atom. The van der Waals surface area contributed by atoms with Crippen LogP contribution in [0.15, 0.2) is 42.6 Å². The zero-order valence-corrected chi connectivity index (χ0v) is 16.6. The van der Waals surface area contributed by atoms with E-state index in [1.807, 2.05) is 24.3 Å². The van der Waals surface area contributed by atoms with Gasteiger partial charge in [0.2, 0.25) is 0 Å². The first-order chi connectivity index (χ1) is 13.4. The van der Waals surface area contributed by atoms with Gasteiger partial charge in [-0.2, -0.15) is 18.3 Å². The summed E-state index contributed by atoms with van der Waals surface area (Å²) >= 11 is 0. The van der Waals surface area contributed by atoms with E-state index in [1.165, 1.54) is 10.7 Å². The van der Waals surface area contributed by atoms with Crippen molar-refractivity contribution in [1.82, 2.24) is 14.9 Å². The van der Waals surface area contributed by atoms with Crippen LogP contribution in [0.5, 0.6) is 0 Å². The second-order valence-electron chi connectivity index (χ2n) is 7.77. The van der Waals surface area contributed by atoms with Gasteiger partial charge in [0.25, 0.3) is 0 Å². The average molecular weight is 405 g/mol. The smallest absolute Gasteiger partial charge is 0.416 e. The van der Waals surface area contributed by atoms with Crippen LogP contribution in [-0.4, -0.2) is 21.3 Å². The predicted octanol–water partition coefficient (Wildman–Crippen LogP) is 5.35. The van der Waals surface area contributed by atoms with Gasteiger partial charge >= 0.3 is 12.3 Å². The van der Waals surface area contributed by atoms with Crippen molar-refractivity contribution < 1.29 is 22.7 Å². The molecular formula is C21H22F3N3O2. The molecule has 1 amide bonds. The molecule has 0 saturated carbocycles. The lowest BCUT2D eigenvalue weighted by Crippen LogP contribution is -2.32. The fourth-order valence-electron chi connectivity index (χ4n) is 2.88. The summed E-state index contributed by atoms with van der Waals surface area (Å²) in [5.74, 6) is 0. The van der Waals surface area contributed by atoms with Gasteiger partial charge in [0, 0.05) is 23.9 Å². The van der Waals surface area contributed by atoms with Crippen molar-refractivity contribution in [2.24, 2.45) is 0 Å². The van der Waals surface area contributed by atoms with Gasteiger partial charge in [0.05, 0.1) is 16.8 Å². The number of amides is 1. The van der Waals surface area contributed by atoms with Crippen molar-refractivity contribution in [3.8, 4) is 11.3 Å². The fraction of sp³-hybridized carbons (Fsp3) is 0.333. The summed E-state index contributed by atoms with van der Waals surface area (Å²) in [4.78, 5) is 11.7. The first-order valence-corrected chi connectivity index (χ1v) is 9.06. The highest BCUT2D eigenvalue weighted by atomic mass is 19.4. The normalized spacial score (nSPS) is 12.2. The van der Waals surface area contributed by atoms with Crippen LogP contribution in [0, 0.1) is 6.92 Å². The number of nitrogens with one attached hydrogen (secondary N) is 1. The number of ether oxygens (including phenoxy) is 1. The number of alkyl carbamates (subject to hydrolysis) is 1. The van der Waals surface area contributed by atoms with Crippen molar-refractivity contribution in [1.29, 1.82) is 0 Å². The van der Waals surface area contributed by atoms with Crippen molar-refractivity contribution in [3.05, 3.63) is 59.3 Å². The SMILES string of the molecule is Cc1c(-c2ccc(CNC(=O)OC(C)(C)C)cc2)nn2ccc(C(F)(F)F)cc12. The first-order valence-electron chi connectivity index (χ1n) is 9.06. The number of carbonyl (C=O) groups is 1. The number of hydrogen-bond donors (Lipinski definition) is 1. The summed E-state index contributed by atoms with van der Waals surface area (Å²) < 4.78 is 45.6. The summed E-state index contributed by atoms with van der Waals surface area (Å²) in [7, 11) is 0.